The molecule has 1 aliphatic heterocycles. The maximum atomic E-state index is 12.5. The number of hydrogen-bond donors (Lipinski definition) is 4. The van der Waals surface area contributed by atoms with E-state index in [1.807, 2.05) is 0 Å². The molecule has 1 aliphatic rings. The highest BCUT2D eigenvalue weighted by molar-refractivity contribution is 5.96. The van der Waals surface area contributed by atoms with Crippen LogP contribution in [0.2, 0.25) is 0 Å². The van der Waals surface area contributed by atoms with Crippen molar-refractivity contribution >= 4 is 17.5 Å². The van der Waals surface area contributed by atoms with Crippen LogP contribution in [0.1, 0.15) is 12.8 Å². The molecular formula is C13H21N5O3. The van der Waals surface area contributed by atoms with Crippen molar-refractivity contribution in [1.29, 1.82) is 0 Å². The SMILES string of the molecule is O=C(C1CCCN1)N(CCO)c1cc(NCCO)ncn1. The first-order valence-corrected chi connectivity index (χ1v) is 7.08. The predicted molar refractivity (Wildman–Crippen MR) is 78.1 cm³/mol. The summed E-state index contributed by atoms with van der Waals surface area (Å²) in [4.78, 5) is 22.1. The molecule has 0 aliphatic carbocycles. The molecule has 2 heterocycles. The maximum Gasteiger partial charge on any atom is 0.245 e. The van der Waals surface area contributed by atoms with Crippen molar-refractivity contribution in [2.24, 2.45) is 0 Å². The number of rotatable bonds is 7. The number of nitrogens with zero attached hydrogens (tertiary/aromatic N) is 3. The first-order valence-electron chi connectivity index (χ1n) is 7.08. The Morgan fingerprint density at radius 2 is 2.29 bits per heavy atom. The normalized spacial score (nSPS) is 17.7. The topological polar surface area (TPSA) is 111 Å². The minimum atomic E-state index is -0.222. The van der Waals surface area contributed by atoms with E-state index < -0.39 is 0 Å². The summed E-state index contributed by atoms with van der Waals surface area (Å²) in [5, 5.41) is 24.1. The van der Waals surface area contributed by atoms with E-state index in [2.05, 4.69) is 20.6 Å². The van der Waals surface area contributed by atoms with Gasteiger partial charge >= 0.3 is 0 Å². The van der Waals surface area contributed by atoms with E-state index in [1.165, 1.54) is 11.2 Å². The first kappa shape index (κ1) is 15.6. The van der Waals surface area contributed by atoms with Gasteiger partial charge in [0.15, 0.2) is 0 Å². The standard InChI is InChI=1S/C13H21N5O3/c19-6-4-15-11-8-12(17-9-16-11)18(5-7-20)13(21)10-2-1-3-14-10/h8-10,14,19-20H,1-7H2,(H,15,16,17). The fourth-order valence-electron chi connectivity index (χ4n) is 2.30. The number of carbonyl (C=O) groups is 1. The molecule has 2 rings (SSSR count). The molecule has 1 unspecified atom stereocenters. The van der Waals surface area contributed by atoms with Crippen molar-refractivity contribution in [3.05, 3.63) is 12.4 Å². The van der Waals surface area contributed by atoms with E-state index in [-0.39, 0.29) is 31.7 Å². The third-order valence-electron chi connectivity index (χ3n) is 3.30. The number of carbonyl (C=O) groups excluding carboxylic acids is 1. The summed E-state index contributed by atoms with van der Waals surface area (Å²) < 4.78 is 0. The molecule has 0 radical (unpaired) electrons. The zero-order valence-electron chi connectivity index (χ0n) is 11.8. The number of anilines is 2. The predicted octanol–water partition coefficient (Wildman–Crippen LogP) is -1.04. The Bertz CT molecular complexity index is 465. The molecule has 1 fully saturated rings. The van der Waals surface area contributed by atoms with Gasteiger partial charge in [-0.25, -0.2) is 9.97 Å². The Morgan fingerprint density at radius 1 is 1.43 bits per heavy atom. The van der Waals surface area contributed by atoms with Crippen molar-refractivity contribution in [3.8, 4) is 0 Å². The number of aliphatic hydroxyl groups is 2. The van der Waals surface area contributed by atoms with Crippen molar-refractivity contribution < 1.29 is 15.0 Å². The van der Waals surface area contributed by atoms with Gasteiger partial charge in [-0.15, -0.1) is 0 Å². The Labute approximate surface area is 123 Å². The molecule has 0 aromatic carbocycles. The molecule has 8 nitrogen and oxygen atoms in total. The van der Waals surface area contributed by atoms with E-state index in [1.54, 1.807) is 6.07 Å². The van der Waals surface area contributed by atoms with E-state index in [0.717, 1.165) is 19.4 Å². The average molecular weight is 295 g/mol. The van der Waals surface area contributed by atoms with Crippen molar-refractivity contribution in [3.63, 3.8) is 0 Å². The van der Waals surface area contributed by atoms with Gasteiger partial charge < -0.3 is 20.8 Å². The minimum Gasteiger partial charge on any atom is -0.395 e. The highest BCUT2D eigenvalue weighted by Crippen LogP contribution is 2.17. The zero-order valence-corrected chi connectivity index (χ0v) is 11.8. The van der Waals surface area contributed by atoms with Crippen LogP contribution >= 0.6 is 0 Å². The number of aliphatic hydroxyl groups excluding tert-OH is 2. The second-order valence-corrected chi connectivity index (χ2v) is 4.77. The summed E-state index contributed by atoms with van der Waals surface area (Å²) in [6.07, 6.45) is 3.12. The lowest BCUT2D eigenvalue weighted by atomic mass is 10.2. The molecule has 1 atom stereocenters. The van der Waals surface area contributed by atoms with Crippen LogP contribution in [0.5, 0.6) is 0 Å². The molecule has 1 amide bonds. The number of nitrogens with one attached hydrogen (secondary N) is 2. The van der Waals surface area contributed by atoms with E-state index in [9.17, 15) is 9.90 Å². The molecule has 4 N–H and O–H groups in total. The van der Waals surface area contributed by atoms with Gasteiger partial charge in [0.1, 0.15) is 18.0 Å². The lowest BCUT2D eigenvalue weighted by molar-refractivity contribution is -0.120. The van der Waals surface area contributed by atoms with Crippen molar-refractivity contribution in [2.75, 3.05) is 43.1 Å². The molecular weight excluding hydrogens is 274 g/mol. The smallest absolute Gasteiger partial charge is 0.245 e. The van der Waals surface area contributed by atoms with Crippen LogP contribution in [0.4, 0.5) is 11.6 Å². The molecule has 1 aromatic heterocycles. The monoisotopic (exact) mass is 295 g/mol. The molecule has 0 spiro atoms. The van der Waals surface area contributed by atoms with Gasteiger partial charge in [-0.3, -0.25) is 9.69 Å². The fourth-order valence-corrected chi connectivity index (χ4v) is 2.30. The Balaban J connectivity index is 2.14. The van der Waals surface area contributed by atoms with Crippen molar-refractivity contribution in [1.82, 2.24) is 15.3 Å². The average Bonchev–Trinajstić information content (AvgIpc) is 3.04. The lowest BCUT2D eigenvalue weighted by Gasteiger charge is -2.24. The molecule has 0 saturated carbocycles. The third-order valence-corrected chi connectivity index (χ3v) is 3.30. The van der Waals surface area contributed by atoms with Crippen LogP contribution in [0.15, 0.2) is 12.4 Å². The zero-order chi connectivity index (χ0) is 15.1. The Morgan fingerprint density at radius 3 is 2.95 bits per heavy atom. The van der Waals surface area contributed by atoms with Gasteiger partial charge in [-0.1, -0.05) is 0 Å². The lowest BCUT2D eigenvalue weighted by Crippen LogP contribution is -2.45. The van der Waals surface area contributed by atoms with Gasteiger partial charge in [0.25, 0.3) is 0 Å². The maximum absolute atomic E-state index is 12.5. The van der Waals surface area contributed by atoms with Gasteiger partial charge in [0.05, 0.1) is 25.8 Å². The third kappa shape index (κ3) is 4.10. The summed E-state index contributed by atoms with van der Waals surface area (Å²) in [5.41, 5.74) is 0. The van der Waals surface area contributed by atoms with Crippen LogP contribution in [0.25, 0.3) is 0 Å². The summed E-state index contributed by atoms with van der Waals surface area (Å²) >= 11 is 0. The highest BCUT2D eigenvalue weighted by atomic mass is 16.3. The second kappa shape index (κ2) is 7.87. The van der Waals surface area contributed by atoms with E-state index >= 15 is 0 Å². The number of hydrogen-bond acceptors (Lipinski definition) is 7. The first-order chi connectivity index (χ1) is 10.3. The summed E-state index contributed by atoms with van der Waals surface area (Å²) in [7, 11) is 0. The molecule has 8 heteroatoms. The van der Waals surface area contributed by atoms with Crippen LogP contribution in [-0.4, -0.2) is 65.0 Å². The molecule has 21 heavy (non-hydrogen) atoms. The van der Waals surface area contributed by atoms with Gasteiger partial charge in [-0.2, -0.15) is 0 Å². The Hall–Kier alpha value is -1.77. The highest BCUT2D eigenvalue weighted by Gasteiger charge is 2.28. The molecule has 116 valence electrons. The summed E-state index contributed by atoms with van der Waals surface area (Å²) in [6, 6.07) is 1.42. The van der Waals surface area contributed by atoms with Gasteiger partial charge in [0, 0.05) is 12.6 Å². The second-order valence-electron chi connectivity index (χ2n) is 4.77. The molecule has 1 aromatic rings. The van der Waals surface area contributed by atoms with Gasteiger partial charge in [0.2, 0.25) is 5.91 Å². The largest absolute Gasteiger partial charge is 0.395 e. The van der Waals surface area contributed by atoms with E-state index in [0.29, 0.717) is 18.2 Å². The summed E-state index contributed by atoms with van der Waals surface area (Å²) in [5.74, 6) is 0.885. The van der Waals surface area contributed by atoms with Crippen molar-refractivity contribution in [2.45, 2.75) is 18.9 Å². The van der Waals surface area contributed by atoms with Crippen LogP contribution < -0.4 is 15.5 Å². The van der Waals surface area contributed by atoms with Crippen LogP contribution in [-0.2, 0) is 4.79 Å². The van der Waals surface area contributed by atoms with Crippen LogP contribution in [0, 0.1) is 0 Å². The van der Waals surface area contributed by atoms with Crippen LogP contribution in [0.3, 0.4) is 0 Å². The Kier molecular flexibility index (Phi) is 5.85. The number of aromatic nitrogens is 2. The minimum absolute atomic E-state index is 0.00931. The van der Waals surface area contributed by atoms with E-state index in [4.69, 9.17) is 5.11 Å². The fraction of sp³-hybridized carbons (Fsp3) is 0.615. The quantitative estimate of drug-likeness (QED) is 0.508. The number of amides is 1. The summed E-state index contributed by atoms with van der Waals surface area (Å²) in [6.45, 7) is 1.24. The molecule has 1 saturated heterocycles. The van der Waals surface area contributed by atoms with Gasteiger partial charge in [-0.05, 0) is 19.4 Å². The molecule has 0 bridgehead atoms.